The highest BCUT2D eigenvalue weighted by atomic mass is 32.2. The highest BCUT2D eigenvalue weighted by molar-refractivity contribution is 7.99. The maximum Gasteiger partial charge on any atom is 0.106 e. The minimum atomic E-state index is -0.499. The number of benzene rings is 1. The van der Waals surface area contributed by atoms with Gasteiger partial charge >= 0.3 is 0 Å². The molecule has 0 bridgehead atoms. The van der Waals surface area contributed by atoms with Crippen molar-refractivity contribution in [3.05, 3.63) is 52.2 Å². The van der Waals surface area contributed by atoms with E-state index in [1.165, 1.54) is 4.90 Å². The Labute approximate surface area is 104 Å². The maximum absolute atomic E-state index is 10.3. The number of hydrogen-bond acceptors (Lipinski definition) is 3. The highest BCUT2D eigenvalue weighted by Crippen LogP contribution is 2.33. The summed E-state index contributed by atoms with van der Waals surface area (Å²) in [4.78, 5) is 1.20. The van der Waals surface area contributed by atoms with E-state index in [2.05, 4.69) is 12.3 Å². The molecule has 84 valence electrons. The molecule has 1 N–H and O–H groups in total. The molecule has 16 heavy (non-hydrogen) atoms. The Bertz CT molecular complexity index is 436. The third kappa shape index (κ3) is 2.48. The van der Waals surface area contributed by atoms with Gasteiger partial charge in [0.25, 0.3) is 0 Å². The van der Waals surface area contributed by atoms with Gasteiger partial charge in [-0.2, -0.15) is 11.3 Å². The number of rotatable bonds is 4. The Morgan fingerprint density at radius 2 is 2.00 bits per heavy atom. The van der Waals surface area contributed by atoms with E-state index < -0.39 is 6.10 Å². The van der Waals surface area contributed by atoms with E-state index in [0.717, 1.165) is 16.9 Å². The van der Waals surface area contributed by atoms with Crippen LogP contribution in [0, 0.1) is 0 Å². The number of aliphatic hydroxyl groups is 1. The summed E-state index contributed by atoms with van der Waals surface area (Å²) < 4.78 is 0. The van der Waals surface area contributed by atoms with Crippen LogP contribution >= 0.6 is 23.1 Å². The molecule has 1 aromatic carbocycles. The Morgan fingerprint density at radius 1 is 1.25 bits per heavy atom. The normalized spacial score (nSPS) is 12.6. The van der Waals surface area contributed by atoms with Gasteiger partial charge in [-0.15, -0.1) is 11.8 Å². The summed E-state index contributed by atoms with van der Waals surface area (Å²) in [5, 5.41) is 14.4. The first-order valence-corrected chi connectivity index (χ1v) is 7.17. The molecule has 2 aromatic rings. The lowest BCUT2D eigenvalue weighted by molar-refractivity contribution is 0.218. The molecular formula is C13H14OS2. The van der Waals surface area contributed by atoms with E-state index in [0.29, 0.717) is 0 Å². The Hall–Kier alpha value is -0.770. The molecule has 2 rings (SSSR count). The summed E-state index contributed by atoms with van der Waals surface area (Å²) in [5.41, 5.74) is 1.99. The molecule has 0 aliphatic carbocycles. The molecular weight excluding hydrogens is 236 g/mol. The van der Waals surface area contributed by atoms with Crippen molar-refractivity contribution >= 4 is 23.1 Å². The van der Waals surface area contributed by atoms with Gasteiger partial charge in [-0.1, -0.05) is 37.3 Å². The second kappa shape index (κ2) is 5.53. The van der Waals surface area contributed by atoms with Crippen molar-refractivity contribution in [3.63, 3.8) is 0 Å². The van der Waals surface area contributed by atoms with Crippen LogP contribution in [0.2, 0.25) is 0 Å². The van der Waals surface area contributed by atoms with Crippen LogP contribution in [0.25, 0.3) is 0 Å². The molecule has 1 nitrogen and oxygen atoms in total. The van der Waals surface area contributed by atoms with Gasteiger partial charge in [-0.25, -0.2) is 0 Å². The van der Waals surface area contributed by atoms with E-state index in [1.807, 2.05) is 35.7 Å². The first-order chi connectivity index (χ1) is 7.83. The number of thioether (sulfide) groups is 1. The fourth-order valence-corrected chi connectivity index (χ4v) is 3.47. The Morgan fingerprint density at radius 3 is 2.69 bits per heavy atom. The zero-order valence-corrected chi connectivity index (χ0v) is 10.7. The van der Waals surface area contributed by atoms with Gasteiger partial charge in [0.1, 0.15) is 6.10 Å². The van der Waals surface area contributed by atoms with Crippen LogP contribution in [0.15, 0.2) is 46.0 Å². The van der Waals surface area contributed by atoms with Crippen LogP contribution in [0.1, 0.15) is 24.2 Å². The average Bonchev–Trinajstić information content (AvgIpc) is 2.78. The highest BCUT2D eigenvalue weighted by Gasteiger charge is 2.15. The minimum absolute atomic E-state index is 0.499. The summed E-state index contributed by atoms with van der Waals surface area (Å²) in [6.07, 6.45) is -0.499. The van der Waals surface area contributed by atoms with Crippen molar-refractivity contribution in [2.75, 3.05) is 5.75 Å². The summed E-state index contributed by atoms with van der Waals surface area (Å²) in [5.74, 6) is 1.03. The smallest absolute Gasteiger partial charge is 0.106 e. The fraction of sp³-hybridized carbons (Fsp3) is 0.231. The zero-order valence-electron chi connectivity index (χ0n) is 9.09. The van der Waals surface area contributed by atoms with Gasteiger partial charge in [-0.3, -0.25) is 0 Å². The first-order valence-electron chi connectivity index (χ1n) is 5.24. The third-order valence-corrected chi connectivity index (χ3v) is 4.23. The van der Waals surface area contributed by atoms with Gasteiger partial charge in [0, 0.05) is 15.8 Å². The second-order valence-corrected chi connectivity index (χ2v) is 5.49. The molecule has 1 atom stereocenters. The van der Waals surface area contributed by atoms with E-state index in [-0.39, 0.29) is 0 Å². The monoisotopic (exact) mass is 250 g/mol. The predicted octanol–water partition coefficient (Wildman–Crippen LogP) is 3.94. The van der Waals surface area contributed by atoms with Gasteiger partial charge in [0.2, 0.25) is 0 Å². The molecule has 0 aliphatic rings. The minimum Gasteiger partial charge on any atom is -0.384 e. The summed E-state index contributed by atoms with van der Waals surface area (Å²) >= 11 is 3.43. The van der Waals surface area contributed by atoms with Crippen LogP contribution in [-0.4, -0.2) is 10.9 Å². The van der Waals surface area contributed by atoms with Crippen LogP contribution < -0.4 is 0 Å². The summed E-state index contributed by atoms with van der Waals surface area (Å²) in [6.45, 7) is 2.13. The maximum atomic E-state index is 10.3. The topological polar surface area (TPSA) is 20.2 Å². The summed E-state index contributed by atoms with van der Waals surface area (Å²) in [7, 11) is 0. The standard InChI is InChI=1S/C13H14OS2/c1-2-16-12-9-15-8-11(12)13(14)10-6-4-3-5-7-10/h3-9,13-14H,2H2,1H3. The molecule has 0 radical (unpaired) electrons. The van der Waals surface area contributed by atoms with E-state index >= 15 is 0 Å². The predicted molar refractivity (Wildman–Crippen MR) is 71.2 cm³/mol. The van der Waals surface area contributed by atoms with Gasteiger partial charge in [0.15, 0.2) is 0 Å². The molecule has 0 amide bonds. The zero-order chi connectivity index (χ0) is 11.4. The van der Waals surface area contributed by atoms with Crippen LogP contribution in [0.3, 0.4) is 0 Å². The molecule has 0 aliphatic heterocycles. The van der Waals surface area contributed by atoms with Crippen LogP contribution in [0.5, 0.6) is 0 Å². The lowest BCUT2D eigenvalue weighted by Gasteiger charge is -2.11. The van der Waals surface area contributed by atoms with Gasteiger partial charge in [0.05, 0.1) is 0 Å². The van der Waals surface area contributed by atoms with Crippen LogP contribution in [-0.2, 0) is 0 Å². The second-order valence-electron chi connectivity index (χ2n) is 3.44. The molecule has 0 fully saturated rings. The first kappa shape index (κ1) is 11.7. The van der Waals surface area contributed by atoms with Crippen molar-refractivity contribution in [1.29, 1.82) is 0 Å². The van der Waals surface area contributed by atoms with Crippen molar-refractivity contribution in [2.45, 2.75) is 17.9 Å². The Kier molecular flexibility index (Phi) is 4.04. The number of hydrogen-bond donors (Lipinski definition) is 1. The van der Waals surface area contributed by atoms with Crippen molar-refractivity contribution < 1.29 is 5.11 Å². The largest absolute Gasteiger partial charge is 0.384 e. The van der Waals surface area contributed by atoms with Crippen molar-refractivity contribution in [1.82, 2.24) is 0 Å². The van der Waals surface area contributed by atoms with Crippen molar-refractivity contribution in [3.8, 4) is 0 Å². The van der Waals surface area contributed by atoms with Gasteiger partial charge < -0.3 is 5.11 Å². The fourth-order valence-electron chi connectivity index (χ4n) is 1.58. The SMILES string of the molecule is CCSc1cscc1C(O)c1ccccc1. The molecule has 3 heteroatoms. The lowest BCUT2D eigenvalue weighted by atomic mass is 10.0. The molecule has 1 heterocycles. The Balaban J connectivity index is 2.27. The van der Waals surface area contributed by atoms with E-state index in [4.69, 9.17) is 0 Å². The van der Waals surface area contributed by atoms with Crippen molar-refractivity contribution in [2.24, 2.45) is 0 Å². The third-order valence-electron chi connectivity index (χ3n) is 2.36. The lowest BCUT2D eigenvalue weighted by Crippen LogP contribution is -1.98. The molecule has 0 saturated carbocycles. The van der Waals surface area contributed by atoms with Crippen LogP contribution in [0.4, 0.5) is 0 Å². The van der Waals surface area contributed by atoms with Gasteiger partial charge in [-0.05, 0) is 16.7 Å². The molecule has 0 saturated heterocycles. The number of aliphatic hydroxyl groups excluding tert-OH is 1. The van der Waals surface area contributed by atoms with E-state index in [1.54, 1.807) is 23.1 Å². The average molecular weight is 250 g/mol. The van der Waals surface area contributed by atoms with E-state index in [9.17, 15) is 5.11 Å². The molecule has 1 unspecified atom stereocenters. The number of thiophene rings is 1. The summed E-state index contributed by atoms with van der Waals surface area (Å²) in [6, 6.07) is 9.80. The quantitative estimate of drug-likeness (QED) is 0.829. The molecule has 0 spiro atoms. The molecule has 1 aromatic heterocycles.